The second-order valence-corrected chi connectivity index (χ2v) is 6.61. The van der Waals surface area contributed by atoms with Gasteiger partial charge < -0.3 is 5.32 Å². The van der Waals surface area contributed by atoms with Gasteiger partial charge in [-0.1, -0.05) is 29.8 Å². The highest BCUT2D eigenvalue weighted by atomic mass is 79.9. The number of hydrogen-bond donors (Lipinski definition) is 1. The third-order valence-electron chi connectivity index (χ3n) is 3.49. The van der Waals surface area contributed by atoms with E-state index in [9.17, 15) is 0 Å². The number of hydrogen-bond acceptors (Lipinski definition) is 2. The van der Waals surface area contributed by atoms with Gasteiger partial charge in [-0.15, -0.1) is 0 Å². The van der Waals surface area contributed by atoms with E-state index in [1.165, 1.54) is 32.4 Å². The van der Waals surface area contributed by atoms with Crippen molar-refractivity contribution >= 4 is 32.5 Å². The van der Waals surface area contributed by atoms with E-state index in [2.05, 4.69) is 68.0 Å². The fourth-order valence-electron chi connectivity index (χ4n) is 2.64. The van der Waals surface area contributed by atoms with Crippen LogP contribution in [-0.2, 0) is 6.42 Å². The Kier molecular flexibility index (Phi) is 4.69. The molecule has 3 heteroatoms. The Hall–Kier alpha value is -1.09. The van der Waals surface area contributed by atoms with Crippen LogP contribution in [0.1, 0.15) is 37.6 Å². The molecule has 1 heterocycles. The molecule has 0 atom stereocenters. The van der Waals surface area contributed by atoms with Crippen molar-refractivity contribution in [3.8, 4) is 0 Å². The zero-order chi connectivity index (χ0) is 14.9. The summed E-state index contributed by atoms with van der Waals surface area (Å²) >= 11 is 3.69. The van der Waals surface area contributed by atoms with Gasteiger partial charge in [-0.2, -0.15) is 0 Å². The third-order valence-corrected chi connectivity index (χ3v) is 4.71. The molecule has 0 saturated carbocycles. The van der Waals surface area contributed by atoms with Gasteiger partial charge in [0, 0.05) is 27.8 Å². The third kappa shape index (κ3) is 2.98. The Bertz CT molecular complexity index is 633. The summed E-state index contributed by atoms with van der Waals surface area (Å²) in [6.45, 7) is 11.8. The fraction of sp³-hybridized carbons (Fsp3) is 0.471. The molecule has 1 aromatic carbocycles. The molecule has 1 aromatic heterocycles. The van der Waals surface area contributed by atoms with Gasteiger partial charge >= 0.3 is 0 Å². The first-order chi connectivity index (χ1) is 9.43. The lowest BCUT2D eigenvalue weighted by Crippen LogP contribution is -2.04. The minimum atomic E-state index is 0.618. The Morgan fingerprint density at radius 1 is 1.25 bits per heavy atom. The monoisotopic (exact) mass is 334 g/mol. The minimum absolute atomic E-state index is 0.618. The highest BCUT2D eigenvalue weighted by Gasteiger charge is 2.12. The molecule has 20 heavy (non-hydrogen) atoms. The molecule has 2 nitrogen and oxygen atoms in total. The van der Waals surface area contributed by atoms with Crippen molar-refractivity contribution in [2.45, 2.75) is 41.0 Å². The largest absolute Gasteiger partial charge is 0.385 e. The molecule has 0 aliphatic carbocycles. The number of fused-ring (bicyclic) bond motifs is 1. The molecule has 0 spiro atoms. The molecule has 0 fully saturated rings. The Morgan fingerprint density at radius 3 is 2.55 bits per heavy atom. The summed E-state index contributed by atoms with van der Waals surface area (Å²) in [6, 6.07) is 4.39. The molecule has 0 aliphatic rings. The molecular weight excluding hydrogens is 312 g/mol. The van der Waals surface area contributed by atoms with Crippen molar-refractivity contribution in [2.24, 2.45) is 5.92 Å². The van der Waals surface area contributed by atoms with E-state index in [-0.39, 0.29) is 0 Å². The van der Waals surface area contributed by atoms with Gasteiger partial charge in [0.2, 0.25) is 0 Å². The fourth-order valence-corrected chi connectivity index (χ4v) is 2.96. The lowest BCUT2D eigenvalue weighted by Gasteiger charge is -2.16. The number of rotatable bonds is 4. The van der Waals surface area contributed by atoms with Gasteiger partial charge in [-0.3, -0.25) is 4.98 Å². The topological polar surface area (TPSA) is 24.9 Å². The van der Waals surface area contributed by atoms with Crippen LogP contribution in [0.2, 0.25) is 0 Å². The summed E-state index contributed by atoms with van der Waals surface area (Å²) in [7, 11) is 0. The van der Waals surface area contributed by atoms with Crippen molar-refractivity contribution in [1.29, 1.82) is 0 Å². The van der Waals surface area contributed by atoms with E-state index in [0.29, 0.717) is 5.92 Å². The number of nitrogens with zero attached hydrogens (tertiary/aromatic N) is 1. The highest BCUT2D eigenvalue weighted by Crippen LogP contribution is 2.34. The molecule has 108 valence electrons. The molecule has 0 radical (unpaired) electrons. The smallest absolute Gasteiger partial charge is 0.0732 e. The maximum Gasteiger partial charge on any atom is 0.0732 e. The van der Waals surface area contributed by atoms with Crippen LogP contribution >= 0.6 is 15.9 Å². The summed E-state index contributed by atoms with van der Waals surface area (Å²) in [4.78, 5) is 4.86. The molecule has 0 unspecified atom stereocenters. The van der Waals surface area contributed by atoms with Gasteiger partial charge in [0.1, 0.15) is 0 Å². The summed E-state index contributed by atoms with van der Waals surface area (Å²) in [5.41, 5.74) is 5.97. The van der Waals surface area contributed by atoms with E-state index < -0.39 is 0 Å². The van der Waals surface area contributed by atoms with Crippen molar-refractivity contribution in [3.63, 3.8) is 0 Å². The molecule has 0 aliphatic heterocycles. The quantitative estimate of drug-likeness (QED) is 0.826. The molecule has 2 aromatic rings. The zero-order valence-corrected chi connectivity index (χ0v) is 14.6. The van der Waals surface area contributed by atoms with E-state index >= 15 is 0 Å². The van der Waals surface area contributed by atoms with Crippen molar-refractivity contribution in [1.82, 2.24) is 4.98 Å². The number of halogens is 1. The number of anilines is 1. The Balaban J connectivity index is 2.71. The Morgan fingerprint density at radius 2 is 1.95 bits per heavy atom. The summed E-state index contributed by atoms with van der Waals surface area (Å²) in [5.74, 6) is 0.618. The Labute approximate surface area is 130 Å². The molecule has 0 amide bonds. The number of nitrogens with one attached hydrogen (secondary N) is 1. The lowest BCUT2D eigenvalue weighted by molar-refractivity contribution is 0.637. The SMILES string of the molecule is CCNc1cc(CC(C)C)nc2cc(C)c(Br)c(C)c12. The van der Waals surface area contributed by atoms with Gasteiger partial charge in [0.05, 0.1) is 5.52 Å². The van der Waals surface area contributed by atoms with E-state index in [0.717, 1.165) is 18.5 Å². The zero-order valence-electron chi connectivity index (χ0n) is 13.0. The van der Waals surface area contributed by atoms with Gasteiger partial charge in [0.15, 0.2) is 0 Å². The molecule has 2 rings (SSSR count). The average molecular weight is 335 g/mol. The minimum Gasteiger partial charge on any atom is -0.385 e. The summed E-state index contributed by atoms with van der Waals surface area (Å²) in [5, 5.41) is 4.72. The first-order valence-electron chi connectivity index (χ1n) is 7.27. The van der Waals surface area contributed by atoms with Gasteiger partial charge in [0.25, 0.3) is 0 Å². The summed E-state index contributed by atoms with van der Waals surface area (Å²) in [6.07, 6.45) is 1.02. The predicted octanol–water partition coefficient (Wildman–Crippen LogP) is 5.24. The van der Waals surface area contributed by atoms with Crippen LogP contribution < -0.4 is 5.32 Å². The van der Waals surface area contributed by atoms with Crippen molar-refractivity contribution in [3.05, 3.63) is 33.4 Å². The van der Waals surface area contributed by atoms with E-state index in [4.69, 9.17) is 4.98 Å². The van der Waals surface area contributed by atoms with Crippen molar-refractivity contribution < 1.29 is 0 Å². The van der Waals surface area contributed by atoms with Crippen LogP contribution in [0.25, 0.3) is 10.9 Å². The van der Waals surface area contributed by atoms with Crippen LogP contribution in [0.5, 0.6) is 0 Å². The first kappa shape index (κ1) is 15.3. The normalized spacial score (nSPS) is 11.3. The van der Waals surface area contributed by atoms with Crippen molar-refractivity contribution in [2.75, 3.05) is 11.9 Å². The second kappa shape index (κ2) is 6.13. The number of pyridine rings is 1. The number of aromatic nitrogens is 1. The van der Waals surface area contributed by atoms with Crippen LogP contribution in [0.3, 0.4) is 0 Å². The van der Waals surface area contributed by atoms with Gasteiger partial charge in [-0.25, -0.2) is 0 Å². The second-order valence-electron chi connectivity index (χ2n) is 5.82. The van der Waals surface area contributed by atoms with Crippen LogP contribution in [0.4, 0.5) is 5.69 Å². The molecule has 0 bridgehead atoms. The lowest BCUT2D eigenvalue weighted by atomic mass is 10.0. The first-order valence-corrected chi connectivity index (χ1v) is 8.06. The maximum absolute atomic E-state index is 4.86. The van der Waals surface area contributed by atoms with E-state index in [1.807, 2.05) is 0 Å². The highest BCUT2D eigenvalue weighted by molar-refractivity contribution is 9.10. The predicted molar refractivity (Wildman–Crippen MR) is 91.6 cm³/mol. The van der Waals surface area contributed by atoms with Crippen LogP contribution in [0, 0.1) is 19.8 Å². The summed E-state index contributed by atoms with van der Waals surface area (Å²) < 4.78 is 1.18. The molecule has 0 saturated heterocycles. The molecular formula is C17H23BrN2. The number of benzene rings is 1. The van der Waals surface area contributed by atoms with Crippen LogP contribution in [0.15, 0.2) is 16.6 Å². The van der Waals surface area contributed by atoms with E-state index in [1.54, 1.807) is 0 Å². The molecule has 1 N–H and O–H groups in total. The average Bonchev–Trinajstić information content (AvgIpc) is 2.35. The van der Waals surface area contributed by atoms with Crippen LogP contribution in [-0.4, -0.2) is 11.5 Å². The maximum atomic E-state index is 4.86. The van der Waals surface area contributed by atoms with Gasteiger partial charge in [-0.05, 0) is 56.4 Å². The standard InChI is InChI=1S/C17H23BrN2/c1-6-19-14-9-13(7-10(2)3)20-15-8-11(4)17(18)12(5)16(14)15/h8-10H,6-7H2,1-5H3,(H,19,20). The number of aryl methyl sites for hydroxylation is 2.